The molecule has 2 aliphatic rings. The first-order chi connectivity index (χ1) is 17.4. The van der Waals surface area contributed by atoms with Gasteiger partial charge in [-0.15, -0.1) is 0 Å². The van der Waals surface area contributed by atoms with Crippen LogP contribution in [0.1, 0.15) is 37.9 Å². The van der Waals surface area contributed by atoms with Crippen molar-refractivity contribution in [3.8, 4) is 11.5 Å². The lowest BCUT2D eigenvalue weighted by Gasteiger charge is -2.33. The van der Waals surface area contributed by atoms with E-state index in [1.807, 2.05) is 59.8 Å². The Morgan fingerprint density at radius 2 is 1.89 bits per heavy atom. The van der Waals surface area contributed by atoms with Gasteiger partial charge >= 0.3 is 5.97 Å². The van der Waals surface area contributed by atoms with Gasteiger partial charge in [0.25, 0.3) is 5.91 Å². The van der Waals surface area contributed by atoms with Gasteiger partial charge in [-0.25, -0.2) is 9.79 Å². The number of methoxy groups -OCH3 is 1. The number of anilines is 1. The molecular formula is C27H29N3O5S. The van der Waals surface area contributed by atoms with E-state index < -0.39 is 12.0 Å². The number of nitrogens with one attached hydrogen (secondary N) is 1. The van der Waals surface area contributed by atoms with E-state index in [-0.39, 0.29) is 19.1 Å². The van der Waals surface area contributed by atoms with Gasteiger partial charge in [-0.3, -0.25) is 4.79 Å². The zero-order valence-electron chi connectivity index (χ0n) is 20.7. The minimum absolute atomic E-state index is 0.177. The summed E-state index contributed by atoms with van der Waals surface area (Å²) in [7, 11) is 1.54. The van der Waals surface area contributed by atoms with Crippen molar-refractivity contribution in [1.82, 2.24) is 4.90 Å². The summed E-state index contributed by atoms with van der Waals surface area (Å²) in [6.45, 7) is 5.76. The fraction of sp³-hybridized carbons (Fsp3) is 0.296. The van der Waals surface area contributed by atoms with Gasteiger partial charge in [0.05, 0.1) is 31.0 Å². The number of hydrogen-bond donors (Lipinski definition) is 1. The number of ether oxygens (including phenoxy) is 3. The molecule has 0 bridgehead atoms. The first kappa shape index (κ1) is 25.4. The van der Waals surface area contributed by atoms with Crippen LogP contribution in [0.3, 0.4) is 0 Å². The number of amidine groups is 1. The van der Waals surface area contributed by atoms with Crippen LogP contribution in [0.2, 0.25) is 0 Å². The molecule has 8 nitrogen and oxygen atoms in total. The second-order valence-corrected chi connectivity index (χ2v) is 9.00. The number of thioether (sulfide) groups is 1. The molecule has 0 unspecified atom stereocenters. The Morgan fingerprint density at radius 1 is 1.11 bits per heavy atom. The van der Waals surface area contributed by atoms with Crippen LogP contribution in [0.25, 0.3) is 0 Å². The van der Waals surface area contributed by atoms with Crippen molar-refractivity contribution in [3.05, 3.63) is 76.5 Å². The van der Waals surface area contributed by atoms with Gasteiger partial charge in [0.2, 0.25) is 0 Å². The zero-order valence-corrected chi connectivity index (χ0v) is 21.6. The number of carbonyl (C=O) groups is 2. The summed E-state index contributed by atoms with van der Waals surface area (Å²) >= 11 is 1.49. The molecule has 0 saturated carbocycles. The van der Waals surface area contributed by atoms with E-state index in [0.717, 1.165) is 17.2 Å². The molecule has 1 atom stereocenters. The SMILES string of the molecule is CCOC(=O)C1=C(C)N=C2SC=CN2[C@H]1c1ccc(OCC(=O)Nc2ccc(CC)cc2)c(OC)c1. The fourth-order valence-corrected chi connectivity index (χ4v) is 4.83. The van der Waals surface area contributed by atoms with Crippen LogP contribution in [-0.4, -0.2) is 42.3 Å². The Labute approximate surface area is 215 Å². The third kappa shape index (κ3) is 5.41. The molecule has 0 aliphatic carbocycles. The van der Waals surface area contributed by atoms with E-state index >= 15 is 0 Å². The van der Waals surface area contributed by atoms with Crippen LogP contribution in [-0.2, 0) is 20.7 Å². The Bertz CT molecular complexity index is 1240. The zero-order chi connectivity index (χ0) is 25.7. The molecule has 188 valence electrons. The van der Waals surface area contributed by atoms with Gasteiger partial charge in [0, 0.05) is 11.9 Å². The highest BCUT2D eigenvalue weighted by molar-refractivity contribution is 8.16. The molecular weight excluding hydrogens is 478 g/mol. The maximum absolute atomic E-state index is 12.9. The number of esters is 1. The molecule has 2 heterocycles. The molecule has 2 aromatic carbocycles. The van der Waals surface area contributed by atoms with Crippen LogP contribution in [0, 0.1) is 0 Å². The molecule has 9 heteroatoms. The molecule has 0 fully saturated rings. The summed E-state index contributed by atoms with van der Waals surface area (Å²) in [4.78, 5) is 31.8. The van der Waals surface area contributed by atoms with Gasteiger partial charge in [-0.2, -0.15) is 0 Å². The monoisotopic (exact) mass is 507 g/mol. The van der Waals surface area contributed by atoms with E-state index in [2.05, 4.69) is 17.2 Å². The van der Waals surface area contributed by atoms with Crippen LogP contribution in [0.5, 0.6) is 11.5 Å². The number of hydrogen-bond acceptors (Lipinski definition) is 8. The summed E-state index contributed by atoms with van der Waals surface area (Å²) in [6.07, 6.45) is 2.83. The van der Waals surface area contributed by atoms with Crippen molar-refractivity contribution < 1.29 is 23.8 Å². The van der Waals surface area contributed by atoms with Crippen molar-refractivity contribution in [1.29, 1.82) is 0 Å². The Kier molecular flexibility index (Phi) is 8.00. The number of benzene rings is 2. The van der Waals surface area contributed by atoms with E-state index in [1.165, 1.54) is 24.4 Å². The van der Waals surface area contributed by atoms with Crippen molar-refractivity contribution in [2.75, 3.05) is 25.6 Å². The van der Waals surface area contributed by atoms with Gasteiger partial charge in [-0.1, -0.05) is 36.9 Å². The van der Waals surface area contributed by atoms with E-state index in [4.69, 9.17) is 14.2 Å². The molecule has 2 aromatic rings. The average Bonchev–Trinajstić information content (AvgIpc) is 3.35. The average molecular weight is 508 g/mol. The number of amides is 1. The second kappa shape index (κ2) is 11.3. The summed E-state index contributed by atoms with van der Waals surface area (Å²) in [5.74, 6) is 0.192. The summed E-state index contributed by atoms with van der Waals surface area (Å²) < 4.78 is 16.7. The fourth-order valence-electron chi connectivity index (χ4n) is 4.04. The number of carbonyl (C=O) groups excluding carboxylic acids is 2. The van der Waals surface area contributed by atoms with E-state index in [9.17, 15) is 9.59 Å². The van der Waals surface area contributed by atoms with Crippen molar-refractivity contribution in [2.45, 2.75) is 33.2 Å². The first-order valence-electron chi connectivity index (χ1n) is 11.7. The largest absolute Gasteiger partial charge is 0.493 e. The van der Waals surface area contributed by atoms with E-state index in [0.29, 0.717) is 28.5 Å². The van der Waals surface area contributed by atoms with Gasteiger partial charge < -0.3 is 24.4 Å². The highest BCUT2D eigenvalue weighted by atomic mass is 32.2. The molecule has 0 aromatic heterocycles. The van der Waals surface area contributed by atoms with Crippen LogP contribution < -0.4 is 14.8 Å². The number of aliphatic imine (C=N–C) groups is 1. The molecule has 1 amide bonds. The predicted octanol–water partition coefficient (Wildman–Crippen LogP) is 5.04. The standard InChI is InChI=1S/C27H29N3O5S/c1-5-18-7-10-20(11-8-18)29-23(31)16-35-21-12-9-19(15-22(21)33-4)25-24(26(32)34-6-2)17(3)28-27-30(25)13-14-36-27/h7-15,25H,5-6,16H2,1-4H3,(H,29,31)/t25-/m0/s1. The second-order valence-electron chi connectivity index (χ2n) is 8.12. The van der Waals surface area contributed by atoms with Crippen molar-refractivity contribution in [3.63, 3.8) is 0 Å². The van der Waals surface area contributed by atoms with Gasteiger partial charge in [0.15, 0.2) is 23.3 Å². The van der Waals surface area contributed by atoms with Gasteiger partial charge in [0.1, 0.15) is 0 Å². The maximum Gasteiger partial charge on any atom is 0.338 e. The Balaban J connectivity index is 1.53. The van der Waals surface area contributed by atoms with Crippen molar-refractivity contribution in [2.24, 2.45) is 4.99 Å². The number of nitrogens with zero attached hydrogens (tertiary/aromatic N) is 2. The molecule has 0 spiro atoms. The predicted molar refractivity (Wildman–Crippen MR) is 141 cm³/mol. The number of fused-ring (bicyclic) bond motifs is 1. The molecule has 2 aliphatic heterocycles. The van der Waals surface area contributed by atoms with Crippen LogP contribution >= 0.6 is 11.8 Å². The number of aryl methyl sites for hydroxylation is 1. The van der Waals surface area contributed by atoms with Crippen molar-refractivity contribution >= 4 is 34.5 Å². The lowest BCUT2D eigenvalue weighted by atomic mass is 9.94. The molecule has 0 radical (unpaired) electrons. The quantitative estimate of drug-likeness (QED) is 0.476. The topological polar surface area (TPSA) is 89.5 Å². The van der Waals surface area contributed by atoms with Crippen LogP contribution in [0.15, 0.2) is 70.3 Å². The normalized spacial score (nSPS) is 16.4. The lowest BCUT2D eigenvalue weighted by Crippen LogP contribution is -2.34. The molecule has 36 heavy (non-hydrogen) atoms. The molecule has 4 rings (SSSR count). The highest BCUT2D eigenvalue weighted by Crippen LogP contribution is 2.43. The molecule has 0 saturated heterocycles. The van der Waals surface area contributed by atoms with Crippen LogP contribution in [0.4, 0.5) is 5.69 Å². The Hall–Kier alpha value is -3.72. The number of allylic oxidation sites excluding steroid dienone is 1. The lowest BCUT2D eigenvalue weighted by molar-refractivity contribution is -0.139. The maximum atomic E-state index is 12.9. The smallest absolute Gasteiger partial charge is 0.338 e. The Morgan fingerprint density at radius 3 is 2.58 bits per heavy atom. The van der Waals surface area contributed by atoms with Gasteiger partial charge in [-0.05, 0) is 61.1 Å². The highest BCUT2D eigenvalue weighted by Gasteiger charge is 2.37. The third-order valence-electron chi connectivity index (χ3n) is 5.82. The minimum Gasteiger partial charge on any atom is -0.493 e. The first-order valence-corrected chi connectivity index (χ1v) is 12.6. The molecule has 1 N–H and O–H groups in total. The third-order valence-corrected chi connectivity index (χ3v) is 6.59. The summed E-state index contributed by atoms with van der Waals surface area (Å²) in [5, 5.41) is 5.54. The minimum atomic E-state index is -0.430. The summed E-state index contributed by atoms with van der Waals surface area (Å²) in [6, 6.07) is 12.7. The summed E-state index contributed by atoms with van der Waals surface area (Å²) in [5.41, 5.74) is 3.80. The number of rotatable bonds is 9. The van der Waals surface area contributed by atoms with E-state index in [1.54, 1.807) is 13.0 Å².